The zero-order chi connectivity index (χ0) is 15.4. The minimum Gasteiger partial charge on any atom is -0.468 e. The zero-order valence-electron chi connectivity index (χ0n) is 11.9. The highest BCUT2D eigenvalue weighted by molar-refractivity contribution is 6.21. The second kappa shape index (κ2) is 6.49. The summed E-state index contributed by atoms with van der Waals surface area (Å²) in [6.45, 7) is 0.334. The Bertz CT molecular complexity index is 536. The lowest BCUT2D eigenvalue weighted by Gasteiger charge is -2.14. The lowest BCUT2D eigenvalue weighted by atomic mass is 10.1. The lowest BCUT2D eigenvalue weighted by molar-refractivity contribution is -0.142. The smallest absolute Gasteiger partial charge is 0.322 e. The quantitative estimate of drug-likeness (QED) is 0.478. The first-order valence-corrected chi connectivity index (χ1v) is 6.85. The molecule has 0 aromatic heterocycles. The summed E-state index contributed by atoms with van der Waals surface area (Å²) in [4.78, 5) is 36.6. The van der Waals surface area contributed by atoms with Gasteiger partial charge in [-0.1, -0.05) is 12.1 Å². The van der Waals surface area contributed by atoms with Gasteiger partial charge in [-0.05, 0) is 31.4 Å². The summed E-state index contributed by atoms with van der Waals surface area (Å²) in [6, 6.07) is 6.13. The molecule has 2 N–H and O–H groups in total. The van der Waals surface area contributed by atoms with Gasteiger partial charge >= 0.3 is 5.97 Å². The molecule has 6 heteroatoms. The van der Waals surface area contributed by atoms with Crippen LogP contribution in [-0.2, 0) is 9.53 Å². The topological polar surface area (TPSA) is 89.7 Å². The van der Waals surface area contributed by atoms with Crippen LogP contribution in [0, 0.1) is 0 Å². The summed E-state index contributed by atoms with van der Waals surface area (Å²) in [5.74, 6) is -0.962. The number of methoxy groups -OCH3 is 1. The van der Waals surface area contributed by atoms with Gasteiger partial charge in [-0.2, -0.15) is 0 Å². The third-order valence-corrected chi connectivity index (χ3v) is 3.53. The van der Waals surface area contributed by atoms with Crippen molar-refractivity contribution in [3.8, 4) is 0 Å². The van der Waals surface area contributed by atoms with Gasteiger partial charge in [-0.3, -0.25) is 19.3 Å². The number of imide groups is 1. The number of carbonyl (C=O) groups excluding carboxylic acids is 3. The first-order valence-electron chi connectivity index (χ1n) is 6.85. The maximum Gasteiger partial charge on any atom is 0.322 e. The third kappa shape index (κ3) is 3.11. The van der Waals surface area contributed by atoms with Crippen molar-refractivity contribution < 1.29 is 19.1 Å². The molecule has 0 bridgehead atoms. The van der Waals surface area contributed by atoms with E-state index < -0.39 is 12.0 Å². The van der Waals surface area contributed by atoms with Crippen molar-refractivity contribution in [2.75, 3.05) is 13.7 Å². The predicted molar refractivity (Wildman–Crippen MR) is 75.7 cm³/mol. The maximum atomic E-state index is 12.1. The number of amides is 2. The first-order chi connectivity index (χ1) is 10.1. The number of carbonyl (C=O) groups is 3. The van der Waals surface area contributed by atoms with Crippen molar-refractivity contribution in [1.82, 2.24) is 4.90 Å². The van der Waals surface area contributed by atoms with Crippen molar-refractivity contribution in [3.63, 3.8) is 0 Å². The molecule has 112 valence electrons. The van der Waals surface area contributed by atoms with E-state index in [0.29, 0.717) is 36.9 Å². The van der Waals surface area contributed by atoms with Crippen LogP contribution in [0.5, 0.6) is 0 Å². The number of rotatable bonds is 6. The summed E-state index contributed by atoms with van der Waals surface area (Å²) in [5, 5.41) is 0. The number of hydrogen-bond donors (Lipinski definition) is 1. The monoisotopic (exact) mass is 290 g/mol. The Labute approximate surface area is 122 Å². The summed E-state index contributed by atoms with van der Waals surface area (Å²) in [7, 11) is 1.29. The molecule has 1 unspecified atom stereocenters. The molecule has 0 saturated carbocycles. The number of fused-ring (bicyclic) bond motifs is 1. The minimum atomic E-state index is -0.655. The Kier molecular flexibility index (Phi) is 4.70. The molecule has 0 radical (unpaired) electrons. The largest absolute Gasteiger partial charge is 0.468 e. The van der Waals surface area contributed by atoms with Crippen LogP contribution in [0.4, 0.5) is 0 Å². The van der Waals surface area contributed by atoms with Gasteiger partial charge in [-0.15, -0.1) is 0 Å². The van der Waals surface area contributed by atoms with Crippen LogP contribution in [0.1, 0.15) is 40.0 Å². The number of esters is 1. The molecule has 21 heavy (non-hydrogen) atoms. The third-order valence-electron chi connectivity index (χ3n) is 3.53. The van der Waals surface area contributed by atoms with Crippen LogP contribution in [0.2, 0.25) is 0 Å². The molecular weight excluding hydrogens is 272 g/mol. The standard InChI is InChI=1S/C15H18N2O4/c1-21-15(20)12(16)8-4-5-9-17-13(18)10-6-2-3-7-11(10)14(17)19/h2-3,6-7,12H,4-5,8-9,16H2,1H3. The molecule has 1 aliphatic rings. The summed E-state index contributed by atoms with van der Waals surface area (Å²) < 4.78 is 4.54. The Hall–Kier alpha value is -2.21. The van der Waals surface area contributed by atoms with E-state index in [1.807, 2.05) is 0 Å². The van der Waals surface area contributed by atoms with Gasteiger partial charge in [0.2, 0.25) is 0 Å². The van der Waals surface area contributed by atoms with Crippen molar-refractivity contribution >= 4 is 17.8 Å². The Balaban J connectivity index is 1.84. The highest BCUT2D eigenvalue weighted by atomic mass is 16.5. The molecule has 6 nitrogen and oxygen atoms in total. The fourth-order valence-corrected chi connectivity index (χ4v) is 2.35. The normalized spacial score (nSPS) is 15.0. The number of unbranched alkanes of at least 4 members (excludes halogenated alkanes) is 1. The molecule has 1 aromatic carbocycles. The van der Waals surface area contributed by atoms with E-state index in [0.717, 1.165) is 0 Å². The van der Waals surface area contributed by atoms with Crippen molar-refractivity contribution in [2.24, 2.45) is 5.73 Å². The lowest BCUT2D eigenvalue weighted by Crippen LogP contribution is -2.33. The number of ether oxygens (including phenoxy) is 1. The van der Waals surface area contributed by atoms with Crippen LogP contribution < -0.4 is 5.73 Å². The molecule has 1 heterocycles. The number of hydrogen-bond acceptors (Lipinski definition) is 5. The van der Waals surface area contributed by atoms with Crippen LogP contribution in [0.25, 0.3) is 0 Å². The van der Waals surface area contributed by atoms with Gasteiger partial charge in [0.15, 0.2) is 0 Å². The van der Waals surface area contributed by atoms with Gasteiger partial charge in [0.05, 0.1) is 18.2 Å². The van der Waals surface area contributed by atoms with Crippen molar-refractivity contribution in [1.29, 1.82) is 0 Å². The Morgan fingerprint density at radius 3 is 2.29 bits per heavy atom. The van der Waals surface area contributed by atoms with E-state index in [1.165, 1.54) is 12.0 Å². The second-order valence-electron chi connectivity index (χ2n) is 4.93. The van der Waals surface area contributed by atoms with Crippen molar-refractivity contribution in [2.45, 2.75) is 25.3 Å². The molecule has 0 saturated heterocycles. The molecule has 2 amide bonds. The van der Waals surface area contributed by atoms with E-state index in [4.69, 9.17) is 5.73 Å². The summed E-state index contributed by atoms with van der Waals surface area (Å²) in [6.07, 6.45) is 1.72. The average Bonchev–Trinajstić information content (AvgIpc) is 2.75. The van der Waals surface area contributed by atoms with Crippen LogP contribution in [0.15, 0.2) is 24.3 Å². The highest BCUT2D eigenvalue weighted by Crippen LogP contribution is 2.22. The number of benzene rings is 1. The van der Waals surface area contributed by atoms with Gasteiger partial charge in [0, 0.05) is 6.54 Å². The maximum absolute atomic E-state index is 12.1. The van der Waals surface area contributed by atoms with E-state index >= 15 is 0 Å². The molecule has 0 spiro atoms. The van der Waals surface area contributed by atoms with E-state index in [9.17, 15) is 14.4 Å². The molecule has 0 fully saturated rings. The Morgan fingerprint density at radius 1 is 1.19 bits per heavy atom. The SMILES string of the molecule is COC(=O)C(N)CCCCN1C(=O)c2ccccc2C1=O. The van der Waals surface area contributed by atoms with Gasteiger partial charge in [0.1, 0.15) is 6.04 Å². The van der Waals surface area contributed by atoms with Crippen molar-refractivity contribution in [3.05, 3.63) is 35.4 Å². The van der Waals surface area contributed by atoms with Gasteiger partial charge in [-0.25, -0.2) is 0 Å². The molecule has 1 atom stereocenters. The van der Waals surface area contributed by atoms with Crippen LogP contribution in [-0.4, -0.2) is 42.4 Å². The van der Waals surface area contributed by atoms with Crippen LogP contribution >= 0.6 is 0 Å². The van der Waals surface area contributed by atoms with E-state index in [2.05, 4.69) is 4.74 Å². The van der Waals surface area contributed by atoms with Gasteiger partial charge in [0.25, 0.3) is 11.8 Å². The molecule has 0 aliphatic carbocycles. The highest BCUT2D eigenvalue weighted by Gasteiger charge is 2.34. The van der Waals surface area contributed by atoms with Gasteiger partial charge < -0.3 is 10.5 Å². The molecule has 1 aromatic rings. The fraction of sp³-hybridized carbons (Fsp3) is 0.400. The minimum absolute atomic E-state index is 0.257. The van der Waals surface area contributed by atoms with E-state index in [-0.39, 0.29) is 11.8 Å². The first kappa shape index (κ1) is 15.2. The fourth-order valence-electron chi connectivity index (χ4n) is 2.35. The molecule has 1 aliphatic heterocycles. The number of nitrogens with two attached hydrogens (primary N) is 1. The Morgan fingerprint density at radius 2 is 1.76 bits per heavy atom. The van der Waals surface area contributed by atoms with Crippen LogP contribution in [0.3, 0.4) is 0 Å². The average molecular weight is 290 g/mol. The van der Waals surface area contributed by atoms with E-state index in [1.54, 1.807) is 24.3 Å². The number of nitrogens with zero attached hydrogens (tertiary/aromatic N) is 1. The zero-order valence-corrected chi connectivity index (χ0v) is 11.9. The molecule has 2 rings (SSSR count). The predicted octanol–water partition coefficient (Wildman–Crippen LogP) is 0.953. The summed E-state index contributed by atoms with van der Waals surface area (Å²) >= 11 is 0. The summed E-state index contributed by atoms with van der Waals surface area (Å²) in [5.41, 5.74) is 6.53. The molecular formula is C15H18N2O4. The second-order valence-corrected chi connectivity index (χ2v) is 4.93.